The van der Waals surface area contributed by atoms with Crippen LogP contribution in [0.15, 0.2) is 4.52 Å². The van der Waals surface area contributed by atoms with Gasteiger partial charge in [0.05, 0.1) is 5.54 Å². The van der Waals surface area contributed by atoms with E-state index in [1.54, 1.807) is 0 Å². The van der Waals surface area contributed by atoms with Crippen LogP contribution in [-0.2, 0) is 5.54 Å². The summed E-state index contributed by atoms with van der Waals surface area (Å²) in [6.07, 6.45) is 0.999. The molecule has 0 saturated carbocycles. The molecule has 2 N–H and O–H groups in total. The number of hydrogen-bond acceptors (Lipinski definition) is 4. The first kappa shape index (κ1) is 12.2. The molecule has 15 heavy (non-hydrogen) atoms. The van der Waals surface area contributed by atoms with Gasteiger partial charge in [0.15, 0.2) is 5.82 Å². The third-order valence-electron chi connectivity index (χ3n) is 3.05. The van der Waals surface area contributed by atoms with Gasteiger partial charge in [-0.05, 0) is 12.8 Å². The average Bonchev–Trinajstić information content (AvgIpc) is 2.65. The lowest BCUT2D eigenvalue weighted by Crippen LogP contribution is -2.40. The van der Waals surface area contributed by atoms with Crippen LogP contribution in [0, 0.1) is 5.92 Å². The molecule has 0 aliphatic heterocycles. The van der Waals surface area contributed by atoms with Crippen molar-refractivity contribution < 1.29 is 4.52 Å². The molecular weight excluding hydrogens is 190 g/mol. The van der Waals surface area contributed by atoms with Crippen molar-refractivity contribution in [3.05, 3.63) is 11.7 Å². The molecule has 1 heterocycles. The van der Waals surface area contributed by atoms with Gasteiger partial charge in [-0.25, -0.2) is 0 Å². The van der Waals surface area contributed by atoms with Gasteiger partial charge in [-0.3, -0.25) is 0 Å². The first-order valence-electron chi connectivity index (χ1n) is 5.52. The SMILES string of the molecule is CCC(C)C(C)(N)c1noc(C(C)C)n1. The van der Waals surface area contributed by atoms with E-state index in [-0.39, 0.29) is 5.92 Å². The highest BCUT2D eigenvalue weighted by molar-refractivity contribution is 5.04. The zero-order valence-electron chi connectivity index (χ0n) is 10.2. The van der Waals surface area contributed by atoms with E-state index in [0.29, 0.717) is 17.6 Å². The van der Waals surface area contributed by atoms with Crippen molar-refractivity contribution in [2.75, 3.05) is 0 Å². The molecule has 0 saturated heterocycles. The molecule has 4 nitrogen and oxygen atoms in total. The molecular formula is C11H21N3O. The van der Waals surface area contributed by atoms with Crippen LogP contribution in [0.25, 0.3) is 0 Å². The summed E-state index contributed by atoms with van der Waals surface area (Å²) in [6, 6.07) is 0. The highest BCUT2D eigenvalue weighted by Gasteiger charge is 2.32. The molecule has 0 aromatic carbocycles. The highest BCUT2D eigenvalue weighted by atomic mass is 16.5. The Hall–Kier alpha value is -0.900. The highest BCUT2D eigenvalue weighted by Crippen LogP contribution is 2.27. The fourth-order valence-electron chi connectivity index (χ4n) is 1.33. The van der Waals surface area contributed by atoms with Crippen LogP contribution in [0.4, 0.5) is 0 Å². The molecule has 0 bridgehead atoms. The van der Waals surface area contributed by atoms with Gasteiger partial charge in [-0.1, -0.05) is 39.3 Å². The summed E-state index contributed by atoms with van der Waals surface area (Å²) in [5.74, 6) is 1.85. The molecule has 1 aromatic heterocycles. The van der Waals surface area contributed by atoms with Gasteiger partial charge >= 0.3 is 0 Å². The molecule has 1 aromatic rings. The fraction of sp³-hybridized carbons (Fsp3) is 0.818. The maximum absolute atomic E-state index is 6.22. The van der Waals surface area contributed by atoms with E-state index in [0.717, 1.165) is 6.42 Å². The average molecular weight is 211 g/mol. The summed E-state index contributed by atoms with van der Waals surface area (Å²) >= 11 is 0. The zero-order valence-corrected chi connectivity index (χ0v) is 10.2. The molecule has 4 heteroatoms. The van der Waals surface area contributed by atoms with E-state index < -0.39 is 5.54 Å². The summed E-state index contributed by atoms with van der Waals surface area (Å²) in [6.45, 7) is 10.2. The van der Waals surface area contributed by atoms with Crippen LogP contribution in [-0.4, -0.2) is 10.1 Å². The quantitative estimate of drug-likeness (QED) is 0.830. The Morgan fingerprint density at radius 3 is 2.40 bits per heavy atom. The van der Waals surface area contributed by atoms with E-state index in [2.05, 4.69) is 24.0 Å². The standard InChI is InChI=1S/C11H21N3O/c1-6-8(4)11(5,12)10-13-9(7(2)3)15-14-10/h7-8H,6,12H2,1-5H3. The summed E-state index contributed by atoms with van der Waals surface area (Å²) < 4.78 is 5.17. The van der Waals surface area contributed by atoms with Crippen LogP contribution in [0.3, 0.4) is 0 Å². The van der Waals surface area contributed by atoms with Crippen molar-refractivity contribution in [3.63, 3.8) is 0 Å². The van der Waals surface area contributed by atoms with E-state index in [1.165, 1.54) is 0 Å². The lowest BCUT2D eigenvalue weighted by atomic mass is 9.85. The molecule has 0 aliphatic rings. The predicted molar refractivity (Wildman–Crippen MR) is 59.4 cm³/mol. The lowest BCUT2D eigenvalue weighted by molar-refractivity contribution is 0.281. The molecule has 0 spiro atoms. The maximum Gasteiger partial charge on any atom is 0.229 e. The Kier molecular flexibility index (Phi) is 3.50. The normalized spacial score (nSPS) is 17.8. The maximum atomic E-state index is 6.22. The third-order valence-corrected chi connectivity index (χ3v) is 3.05. The second-order valence-electron chi connectivity index (χ2n) is 4.70. The first-order valence-corrected chi connectivity index (χ1v) is 5.52. The van der Waals surface area contributed by atoms with Crippen LogP contribution in [0.2, 0.25) is 0 Å². The molecule has 0 radical (unpaired) electrons. The Bertz CT molecular complexity index is 317. The van der Waals surface area contributed by atoms with Crippen molar-refractivity contribution in [1.82, 2.24) is 10.1 Å². The molecule has 86 valence electrons. The zero-order chi connectivity index (χ0) is 11.6. The smallest absolute Gasteiger partial charge is 0.229 e. The minimum absolute atomic E-state index is 0.249. The summed E-state index contributed by atoms with van der Waals surface area (Å²) in [7, 11) is 0. The Morgan fingerprint density at radius 2 is 2.00 bits per heavy atom. The second-order valence-corrected chi connectivity index (χ2v) is 4.70. The van der Waals surface area contributed by atoms with Crippen molar-refractivity contribution >= 4 is 0 Å². The third kappa shape index (κ3) is 2.37. The van der Waals surface area contributed by atoms with Crippen molar-refractivity contribution in [2.45, 2.75) is 52.5 Å². The first-order chi connectivity index (χ1) is 6.89. The molecule has 0 amide bonds. The fourth-order valence-corrected chi connectivity index (χ4v) is 1.33. The number of nitrogens with zero attached hydrogens (tertiary/aromatic N) is 2. The second kappa shape index (κ2) is 4.31. The van der Waals surface area contributed by atoms with Gasteiger partial charge in [0.25, 0.3) is 0 Å². The van der Waals surface area contributed by atoms with Crippen molar-refractivity contribution in [3.8, 4) is 0 Å². The van der Waals surface area contributed by atoms with Gasteiger partial charge in [0, 0.05) is 5.92 Å². The summed E-state index contributed by atoms with van der Waals surface area (Å²) in [5, 5.41) is 3.97. The summed E-state index contributed by atoms with van der Waals surface area (Å²) in [4.78, 5) is 4.35. The molecule has 0 aliphatic carbocycles. The van der Waals surface area contributed by atoms with E-state index in [1.807, 2.05) is 20.8 Å². The molecule has 2 unspecified atom stereocenters. The number of nitrogens with two attached hydrogens (primary N) is 1. The molecule has 2 atom stereocenters. The monoisotopic (exact) mass is 211 g/mol. The van der Waals surface area contributed by atoms with Crippen LogP contribution < -0.4 is 5.73 Å². The number of hydrogen-bond donors (Lipinski definition) is 1. The van der Waals surface area contributed by atoms with E-state index in [4.69, 9.17) is 10.3 Å². The molecule has 1 rings (SSSR count). The van der Waals surface area contributed by atoms with Gasteiger partial charge < -0.3 is 10.3 Å². The number of rotatable bonds is 4. The van der Waals surface area contributed by atoms with E-state index in [9.17, 15) is 0 Å². The Balaban J connectivity index is 2.95. The Morgan fingerprint density at radius 1 is 1.40 bits per heavy atom. The van der Waals surface area contributed by atoms with Gasteiger partial charge in [-0.15, -0.1) is 0 Å². The van der Waals surface area contributed by atoms with Gasteiger partial charge in [-0.2, -0.15) is 4.98 Å². The largest absolute Gasteiger partial charge is 0.339 e. The topological polar surface area (TPSA) is 64.9 Å². The van der Waals surface area contributed by atoms with Gasteiger partial charge in [0.1, 0.15) is 0 Å². The van der Waals surface area contributed by atoms with Crippen LogP contribution >= 0.6 is 0 Å². The molecule has 0 fully saturated rings. The lowest BCUT2D eigenvalue weighted by Gasteiger charge is -2.27. The van der Waals surface area contributed by atoms with E-state index >= 15 is 0 Å². The van der Waals surface area contributed by atoms with Crippen molar-refractivity contribution in [2.24, 2.45) is 11.7 Å². The summed E-state index contributed by atoms with van der Waals surface area (Å²) in [5.41, 5.74) is 5.71. The minimum Gasteiger partial charge on any atom is -0.339 e. The minimum atomic E-state index is -0.509. The van der Waals surface area contributed by atoms with Crippen LogP contribution in [0.1, 0.15) is 58.7 Å². The Labute approximate surface area is 91.2 Å². The number of aromatic nitrogens is 2. The predicted octanol–water partition coefficient (Wildman–Crippen LogP) is 2.41. The van der Waals surface area contributed by atoms with Crippen molar-refractivity contribution in [1.29, 1.82) is 0 Å². The van der Waals surface area contributed by atoms with Gasteiger partial charge in [0.2, 0.25) is 5.89 Å². The van der Waals surface area contributed by atoms with Crippen LogP contribution in [0.5, 0.6) is 0 Å².